The normalized spacial score (nSPS) is 12.3. The van der Waals surface area contributed by atoms with Crippen LogP contribution >= 0.6 is 14.3 Å². The van der Waals surface area contributed by atoms with Crippen molar-refractivity contribution in [2.75, 3.05) is 0 Å². The van der Waals surface area contributed by atoms with E-state index in [1.54, 1.807) is 12.4 Å². The van der Waals surface area contributed by atoms with Crippen molar-refractivity contribution in [1.82, 2.24) is 28.7 Å². The summed E-state index contributed by atoms with van der Waals surface area (Å²) in [5.41, 5.74) is 13.0. The predicted octanol–water partition coefficient (Wildman–Crippen LogP) is 16.1. The third-order valence-corrected chi connectivity index (χ3v) is 23.4. The van der Waals surface area contributed by atoms with Crippen LogP contribution in [0.3, 0.4) is 0 Å². The van der Waals surface area contributed by atoms with Gasteiger partial charge in [-0.3, -0.25) is 18.8 Å². The van der Waals surface area contributed by atoms with Crippen LogP contribution in [0.5, 0.6) is 0 Å². The van der Waals surface area contributed by atoms with E-state index in [1.807, 2.05) is 146 Å². The van der Waals surface area contributed by atoms with Gasteiger partial charge in [-0.05, 0) is 87.8 Å². The molecule has 0 atom stereocenters. The summed E-state index contributed by atoms with van der Waals surface area (Å²) in [4.78, 5) is 21.1. The minimum atomic E-state index is -3.22. The van der Waals surface area contributed by atoms with Crippen molar-refractivity contribution in [2.45, 2.75) is 0 Å². The van der Waals surface area contributed by atoms with Crippen molar-refractivity contribution in [1.29, 1.82) is 0 Å². The standard InChI is InChI=1S/C76H48N6O2P2/c83-85(53-19-5-1-6-20-53,54-21-7-2-8-22-54)57-36-41-66(77-47-57)51-33-38-62-63-39-32-49-18-13-14-27-59(49)73(63)76-80-74-60(30-17-31-70(74)82(76)71(62)45-51)50-35-43-69-65(44-50)61-28-15-16-29-64(61)75-79-68-40-34-52(46-72(68)81(69)75)67-42-37-58(48-78-67)86(84,55-23-9-3-10-24-55)56-25-11-4-12-26-56/h1-48H. The first-order chi connectivity index (χ1) is 42.4. The maximum Gasteiger partial charge on any atom is 0.172 e. The van der Waals surface area contributed by atoms with E-state index in [1.165, 1.54) is 0 Å². The number of pyridine rings is 4. The summed E-state index contributed by atoms with van der Waals surface area (Å²) in [5, 5.41) is 13.3. The lowest BCUT2D eigenvalue weighted by Gasteiger charge is -2.20. The van der Waals surface area contributed by atoms with Crippen molar-refractivity contribution in [2.24, 2.45) is 0 Å². The molecule has 0 radical (unpaired) electrons. The topological polar surface area (TPSA) is 94.5 Å². The Labute approximate surface area is 493 Å². The summed E-state index contributed by atoms with van der Waals surface area (Å²) in [6, 6.07) is 94.6. The van der Waals surface area contributed by atoms with E-state index < -0.39 is 14.3 Å². The predicted molar refractivity (Wildman–Crippen MR) is 357 cm³/mol. The number of benzene rings is 11. The van der Waals surface area contributed by atoms with E-state index in [0.717, 1.165) is 142 Å². The number of para-hydroxylation sites is 1. The van der Waals surface area contributed by atoms with Gasteiger partial charge in [0.15, 0.2) is 14.3 Å². The highest BCUT2D eigenvalue weighted by atomic mass is 31.2. The molecule has 0 unspecified atom stereocenters. The molecular formula is C76H48N6O2P2. The van der Waals surface area contributed by atoms with Gasteiger partial charge in [0, 0.05) is 82.5 Å². The smallest absolute Gasteiger partial charge is 0.172 e. The molecule has 0 N–H and O–H groups in total. The molecule has 6 aromatic heterocycles. The van der Waals surface area contributed by atoms with Crippen LogP contribution in [0.4, 0.5) is 0 Å². The van der Waals surface area contributed by atoms with E-state index in [0.29, 0.717) is 10.6 Å². The molecule has 11 aromatic carbocycles. The fraction of sp³-hybridized carbons (Fsp3) is 0. The van der Waals surface area contributed by atoms with Gasteiger partial charge in [-0.2, -0.15) is 0 Å². The second-order valence-electron chi connectivity index (χ2n) is 22.0. The van der Waals surface area contributed by atoms with Gasteiger partial charge in [0.2, 0.25) is 0 Å². The van der Waals surface area contributed by atoms with E-state index in [-0.39, 0.29) is 0 Å². The molecule has 0 amide bonds. The summed E-state index contributed by atoms with van der Waals surface area (Å²) >= 11 is 0. The number of imidazole rings is 2. The summed E-state index contributed by atoms with van der Waals surface area (Å²) in [6.07, 6.45) is 3.58. The van der Waals surface area contributed by atoms with Crippen molar-refractivity contribution >= 4 is 134 Å². The lowest BCUT2D eigenvalue weighted by molar-refractivity contribution is 0.591. The van der Waals surface area contributed by atoms with Gasteiger partial charge in [-0.25, -0.2) is 9.97 Å². The van der Waals surface area contributed by atoms with Crippen molar-refractivity contribution < 1.29 is 9.13 Å². The molecule has 0 saturated carbocycles. The van der Waals surface area contributed by atoms with Crippen molar-refractivity contribution in [3.05, 3.63) is 291 Å². The van der Waals surface area contributed by atoms with E-state index in [4.69, 9.17) is 19.9 Å². The highest BCUT2D eigenvalue weighted by Crippen LogP contribution is 2.46. The SMILES string of the molecule is O=P(c1ccccc1)(c1ccccc1)c1ccc(-c2ccc3nc4c5ccccc5c5cc(-c6cccc7c6nc6c8c9ccccc9ccc8c8ccc(-c9ccc(P(=O)(c%10ccccc%10)c%10ccccc%10)cn9)cc8n76)ccc5n4c3c2)nc1. The maximum atomic E-state index is 15.3. The second kappa shape index (κ2) is 19.5. The Kier molecular flexibility index (Phi) is 11.3. The molecule has 17 rings (SSSR count). The van der Waals surface area contributed by atoms with Crippen LogP contribution in [-0.4, -0.2) is 28.7 Å². The molecule has 0 bridgehead atoms. The van der Waals surface area contributed by atoms with Crippen LogP contribution in [0.25, 0.3) is 121 Å². The molecule has 17 aromatic rings. The molecule has 0 aliphatic carbocycles. The molecule has 10 heteroatoms. The minimum absolute atomic E-state index is 0.681. The average molecular weight is 1140 g/mol. The molecule has 404 valence electrons. The zero-order valence-electron chi connectivity index (χ0n) is 46.1. The molecule has 6 heterocycles. The third kappa shape index (κ3) is 7.57. The lowest BCUT2D eigenvalue weighted by Crippen LogP contribution is -2.25. The van der Waals surface area contributed by atoms with Crippen LogP contribution in [-0.2, 0) is 9.13 Å². The quantitative estimate of drug-likeness (QED) is 0.106. The average Bonchev–Trinajstić information content (AvgIpc) is 1.70. The monoisotopic (exact) mass is 1140 g/mol. The Morgan fingerprint density at radius 2 is 0.826 bits per heavy atom. The van der Waals surface area contributed by atoms with Gasteiger partial charge in [0.25, 0.3) is 0 Å². The Hall–Kier alpha value is -10.6. The van der Waals surface area contributed by atoms with Crippen LogP contribution in [0.1, 0.15) is 0 Å². The van der Waals surface area contributed by atoms with E-state index >= 15 is 9.13 Å². The summed E-state index contributed by atoms with van der Waals surface area (Å²) in [7, 11) is -6.42. The van der Waals surface area contributed by atoms with Gasteiger partial charge in [0.05, 0.1) is 44.5 Å². The minimum Gasteiger partial charge on any atom is -0.309 e. The molecule has 0 spiro atoms. The summed E-state index contributed by atoms with van der Waals surface area (Å²) < 4.78 is 35.2. The van der Waals surface area contributed by atoms with Gasteiger partial charge < -0.3 is 9.13 Å². The number of hydrogen-bond donors (Lipinski definition) is 0. The number of fused-ring (bicyclic) bond motifs is 18. The van der Waals surface area contributed by atoms with Crippen LogP contribution in [0, 0.1) is 0 Å². The number of rotatable bonds is 9. The van der Waals surface area contributed by atoms with Gasteiger partial charge >= 0.3 is 0 Å². The zero-order chi connectivity index (χ0) is 57.1. The van der Waals surface area contributed by atoms with Gasteiger partial charge in [0.1, 0.15) is 11.3 Å². The molecule has 0 aliphatic rings. The van der Waals surface area contributed by atoms with Crippen LogP contribution < -0.4 is 31.8 Å². The Morgan fingerprint density at radius 1 is 0.302 bits per heavy atom. The first-order valence-electron chi connectivity index (χ1n) is 28.7. The van der Waals surface area contributed by atoms with Crippen molar-refractivity contribution in [3.8, 4) is 33.6 Å². The second-order valence-corrected chi connectivity index (χ2v) is 27.5. The fourth-order valence-corrected chi connectivity index (χ4v) is 18.4. The third-order valence-electron chi connectivity index (χ3n) is 17.3. The summed E-state index contributed by atoms with van der Waals surface area (Å²) in [5.74, 6) is 0. The molecular weight excluding hydrogens is 1090 g/mol. The molecule has 0 aliphatic heterocycles. The molecule has 86 heavy (non-hydrogen) atoms. The van der Waals surface area contributed by atoms with Gasteiger partial charge in [-0.1, -0.05) is 218 Å². The lowest BCUT2D eigenvalue weighted by atomic mass is 9.98. The van der Waals surface area contributed by atoms with Crippen molar-refractivity contribution in [3.63, 3.8) is 0 Å². The Morgan fingerprint density at radius 3 is 1.43 bits per heavy atom. The molecule has 8 nitrogen and oxygen atoms in total. The number of nitrogens with zero attached hydrogens (tertiary/aromatic N) is 6. The first-order valence-corrected chi connectivity index (χ1v) is 32.1. The zero-order valence-corrected chi connectivity index (χ0v) is 47.9. The first kappa shape index (κ1) is 49.9. The highest BCUT2D eigenvalue weighted by Gasteiger charge is 2.32. The largest absolute Gasteiger partial charge is 0.309 e. The van der Waals surface area contributed by atoms with E-state index in [2.05, 4.69) is 142 Å². The Bertz CT molecular complexity index is 5610. The van der Waals surface area contributed by atoms with Crippen LogP contribution in [0.2, 0.25) is 0 Å². The van der Waals surface area contributed by atoms with Gasteiger partial charge in [-0.15, -0.1) is 0 Å². The summed E-state index contributed by atoms with van der Waals surface area (Å²) in [6.45, 7) is 0. The Balaban J connectivity index is 0.816. The highest BCUT2D eigenvalue weighted by molar-refractivity contribution is 7.85. The molecule has 0 fully saturated rings. The number of hydrogen-bond acceptors (Lipinski definition) is 6. The maximum absolute atomic E-state index is 15.3. The number of aromatic nitrogens is 6. The fourth-order valence-electron chi connectivity index (χ4n) is 13.2. The van der Waals surface area contributed by atoms with Crippen LogP contribution in [0.15, 0.2) is 291 Å². The molecule has 0 saturated heterocycles. The van der Waals surface area contributed by atoms with E-state index in [9.17, 15) is 0 Å².